The van der Waals surface area contributed by atoms with E-state index in [9.17, 15) is 19.2 Å². The first-order valence-corrected chi connectivity index (χ1v) is 12.2. The molecule has 2 aromatic carbocycles. The van der Waals surface area contributed by atoms with Crippen LogP contribution in [0.1, 0.15) is 19.8 Å². The minimum atomic E-state index is -0.667. The van der Waals surface area contributed by atoms with E-state index >= 15 is 0 Å². The Balaban J connectivity index is 1.26. The maximum absolute atomic E-state index is 13.0. The number of esters is 1. The van der Waals surface area contributed by atoms with Crippen molar-refractivity contribution in [2.45, 2.75) is 19.8 Å². The second-order valence-corrected chi connectivity index (χ2v) is 9.74. The van der Waals surface area contributed by atoms with Crippen LogP contribution in [-0.2, 0) is 19.2 Å². The molecule has 3 aliphatic rings. The highest BCUT2D eigenvalue weighted by Gasteiger charge is 2.50. The van der Waals surface area contributed by atoms with E-state index in [1.165, 1.54) is 16.9 Å². The molecule has 3 amide bonds. The number of carbonyl (C=O) groups is 4. The van der Waals surface area contributed by atoms with Gasteiger partial charge in [0, 0.05) is 18.0 Å². The number of amides is 3. The Morgan fingerprint density at radius 1 is 1.06 bits per heavy atom. The lowest BCUT2D eigenvalue weighted by atomic mass is 9.78. The molecule has 8 nitrogen and oxygen atoms in total. The number of anilines is 2. The van der Waals surface area contributed by atoms with Crippen molar-refractivity contribution in [1.29, 1.82) is 0 Å². The lowest BCUT2D eigenvalue weighted by Crippen LogP contribution is -2.31. The summed E-state index contributed by atoms with van der Waals surface area (Å²) in [5.74, 6) is -1.78. The van der Waals surface area contributed by atoms with E-state index < -0.39 is 11.9 Å². The molecule has 0 radical (unpaired) electrons. The average molecular weight is 509 g/mol. The molecule has 0 N–H and O–H groups in total. The van der Waals surface area contributed by atoms with E-state index in [1.807, 2.05) is 19.1 Å². The van der Waals surface area contributed by atoms with Crippen molar-refractivity contribution in [3.8, 4) is 11.5 Å². The molecule has 0 bridgehead atoms. The van der Waals surface area contributed by atoms with E-state index in [0.717, 1.165) is 0 Å². The highest BCUT2D eigenvalue weighted by Crippen LogP contribution is 2.41. The van der Waals surface area contributed by atoms with Crippen LogP contribution in [-0.4, -0.2) is 37.3 Å². The van der Waals surface area contributed by atoms with E-state index in [0.29, 0.717) is 28.6 Å². The molecule has 2 saturated heterocycles. The van der Waals surface area contributed by atoms with Gasteiger partial charge in [0.05, 0.1) is 36.2 Å². The summed E-state index contributed by atoms with van der Waals surface area (Å²) < 4.78 is 10.9. The second-order valence-electron chi connectivity index (χ2n) is 9.30. The lowest BCUT2D eigenvalue weighted by molar-refractivity contribution is -0.139. The van der Waals surface area contributed by atoms with Crippen LogP contribution in [0.5, 0.6) is 11.5 Å². The summed E-state index contributed by atoms with van der Waals surface area (Å²) in [5.41, 5.74) is 0.946. The Labute approximate surface area is 213 Å². The molecule has 2 heterocycles. The van der Waals surface area contributed by atoms with E-state index in [2.05, 4.69) is 0 Å². The van der Waals surface area contributed by atoms with Crippen molar-refractivity contribution >= 4 is 46.7 Å². The fourth-order valence-corrected chi connectivity index (χ4v) is 5.40. The third-order valence-electron chi connectivity index (χ3n) is 7.08. The number of allylic oxidation sites excluding steroid dienone is 2. The number of carbonyl (C=O) groups excluding carboxylic acids is 4. The monoisotopic (exact) mass is 508 g/mol. The lowest BCUT2D eigenvalue weighted by Gasteiger charge is -2.22. The van der Waals surface area contributed by atoms with Crippen LogP contribution >= 0.6 is 11.6 Å². The van der Waals surface area contributed by atoms with Gasteiger partial charge in [-0.1, -0.05) is 30.7 Å². The Bertz CT molecular complexity index is 1270. The molecular formula is C27H25ClN2O6. The molecule has 4 atom stereocenters. The van der Waals surface area contributed by atoms with Crippen molar-refractivity contribution in [2.24, 2.45) is 23.7 Å². The minimum absolute atomic E-state index is 0.00162. The molecule has 186 valence electrons. The van der Waals surface area contributed by atoms with Crippen LogP contribution < -0.4 is 19.3 Å². The number of imide groups is 1. The molecule has 2 aromatic rings. The second kappa shape index (κ2) is 9.43. The Morgan fingerprint density at radius 2 is 1.81 bits per heavy atom. The predicted octanol–water partition coefficient (Wildman–Crippen LogP) is 4.01. The van der Waals surface area contributed by atoms with Crippen LogP contribution in [0.4, 0.5) is 11.4 Å². The van der Waals surface area contributed by atoms with Crippen molar-refractivity contribution < 1.29 is 28.7 Å². The van der Waals surface area contributed by atoms with Gasteiger partial charge in [0.2, 0.25) is 17.7 Å². The van der Waals surface area contributed by atoms with Gasteiger partial charge >= 0.3 is 5.97 Å². The van der Waals surface area contributed by atoms with Crippen molar-refractivity contribution in [3.05, 3.63) is 59.6 Å². The summed E-state index contributed by atoms with van der Waals surface area (Å²) in [6, 6.07) is 11.2. The fourth-order valence-electron chi connectivity index (χ4n) is 5.24. The van der Waals surface area contributed by atoms with Crippen LogP contribution in [0.15, 0.2) is 54.6 Å². The topological polar surface area (TPSA) is 93.2 Å². The van der Waals surface area contributed by atoms with Gasteiger partial charge in [0.1, 0.15) is 11.5 Å². The smallest absolute Gasteiger partial charge is 0.316 e. The van der Waals surface area contributed by atoms with Gasteiger partial charge in [0.15, 0.2) is 0 Å². The molecule has 2 aliphatic heterocycles. The molecule has 2 fully saturated rings. The zero-order valence-corrected chi connectivity index (χ0v) is 20.6. The van der Waals surface area contributed by atoms with Gasteiger partial charge in [-0.3, -0.25) is 24.1 Å². The van der Waals surface area contributed by atoms with Gasteiger partial charge in [-0.15, -0.1) is 0 Å². The fraction of sp³-hybridized carbons (Fsp3) is 0.333. The van der Waals surface area contributed by atoms with Gasteiger partial charge < -0.3 is 14.4 Å². The molecule has 0 saturated carbocycles. The van der Waals surface area contributed by atoms with Crippen molar-refractivity contribution in [2.75, 3.05) is 23.5 Å². The molecule has 0 spiro atoms. The van der Waals surface area contributed by atoms with Crippen LogP contribution in [0.3, 0.4) is 0 Å². The minimum Gasteiger partial charge on any atom is -0.495 e. The standard InChI is InChI=1S/C27H25ClN2O6/c1-15-4-3-5-20-24(15)26(33)30(25(20)32)18-7-9-19(10-8-18)36-27(34)16-12-23(31)29(14-16)21-13-17(28)6-11-22(21)35-2/h3-4,6-11,13,15-16,20,24H,5,12,14H2,1-2H3/t15-,16+,20+,24-/m0/s1. The number of nitrogens with zero attached hydrogens (tertiary/aromatic N) is 2. The van der Waals surface area contributed by atoms with Gasteiger partial charge in [0.25, 0.3) is 0 Å². The first kappa shape index (κ1) is 24.1. The predicted molar refractivity (Wildman–Crippen MR) is 133 cm³/mol. The Kier molecular flexibility index (Phi) is 6.30. The number of hydrogen-bond acceptors (Lipinski definition) is 6. The maximum Gasteiger partial charge on any atom is 0.316 e. The van der Waals surface area contributed by atoms with Crippen molar-refractivity contribution in [3.63, 3.8) is 0 Å². The summed E-state index contributed by atoms with van der Waals surface area (Å²) in [4.78, 5) is 54.1. The summed E-state index contributed by atoms with van der Waals surface area (Å²) in [5, 5.41) is 0.449. The molecule has 0 unspecified atom stereocenters. The number of benzene rings is 2. The third-order valence-corrected chi connectivity index (χ3v) is 7.31. The van der Waals surface area contributed by atoms with Crippen LogP contribution in [0.2, 0.25) is 5.02 Å². The molecule has 1 aliphatic carbocycles. The largest absolute Gasteiger partial charge is 0.495 e. The maximum atomic E-state index is 13.0. The first-order chi connectivity index (χ1) is 17.3. The number of rotatable bonds is 5. The summed E-state index contributed by atoms with van der Waals surface area (Å²) in [6.07, 6.45) is 4.50. The summed E-state index contributed by atoms with van der Waals surface area (Å²) in [7, 11) is 1.50. The molecule has 0 aromatic heterocycles. The first-order valence-electron chi connectivity index (χ1n) is 11.8. The average Bonchev–Trinajstić information content (AvgIpc) is 3.37. The van der Waals surface area contributed by atoms with Gasteiger partial charge in [-0.2, -0.15) is 0 Å². The molecule has 9 heteroatoms. The molecular weight excluding hydrogens is 484 g/mol. The van der Waals surface area contributed by atoms with E-state index in [4.69, 9.17) is 21.1 Å². The Hall–Kier alpha value is -3.65. The van der Waals surface area contributed by atoms with Crippen molar-refractivity contribution in [1.82, 2.24) is 0 Å². The normalized spacial score (nSPS) is 25.4. The molecule has 36 heavy (non-hydrogen) atoms. The zero-order chi connectivity index (χ0) is 25.6. The Morgan fingerprint density at radius 3 is 2.50 bits per heavy atom. The highest BCUT2D eigenvalue weighted by atomic mass is 35.5. The third kappa shape index (κ3) is 4.15. The van der Waals surface area contributed by atoms with Gasteiger partial charge in [-0.25, -0.2) is 0 Å². The number of methoxy groups -OCH3 is 1. The SMILES string of the molecule is COc1ccc(Cl)cc1N1C[C@H](C(=O)Oc2ccc(N3C(=O)[C@H]4[C@@H](C)C=CC[C@H]4C3=O)cc2)CC1=O. The van der Waals surface area contributed by atoms with E-state index in [1.54, 1.807) is 42.5 Å². The quantitative estimate of drug-likeness (QED) is 0.262. The summed E-state index contributed by atoms with van der Waals surface area (Å²) >= 11 is 6.09. The number of hydrogen-bond donors (Lipinski definition) is 0. The zero-order valence-electron chi connectivity index (χ0n) is 19.8. The van der Waals surface area contributed by atoms with Crippen LogP contribution in [0.25, 0.3) is 0 Å². The number of ether oxygens (including phenoxy) is 2. The van der Waals surface area contributed by atoms with Gasteiger partial charge in [-0.05, 0) is 54.8 Å². The molecule has 5 rings (SSSR count). The number of fused-ring (bicyclic) bond motifs is 1. The summed E-state index contributed by atoms with van der Waals surface area (Å²) in [6.45, 7) is 2.08. The van der Waals surface area contributed by atoms with E-state index in [-0.39, 0.29) is 54.2 Å². The van der Waals surface area contributed by atoms with Crippen LogP contribution in [0, 0.1) is 23.7 Å². The highest BCUT2D eigenvalue weighted by molar-refractivity contribution is 6.31. The number of halogens is 1.